The van der Waals surface area contributed by atoms with E-state index in [2.05, 4.69) is 15.6 Å². The van der Waals surface area contributed by atoms with E-state index in [9.17, 15) is 9.18 Å². The fraction of sp³-hybridized carbons (Fsp3) is 0.429. The van der Waals surface area contributed by atoms with Crippen molar-refractivity contribution in [1.29, 1.82) is 0 Å². The molecule has 0 aliphatic heterocycles. The molecule has 1 aliphatic rings. The van der Waals surface area contributed by atoms with Gasteiger partial charge in [0.2, 0.25) is 5.91 Å². The number of nitrogens with zero attached hydrogens (tertiary/aromatic N) is 1. The summed E-state index contributed by atoms with van der Waals surface area (Å²) in [5.41, 5.74) is 1.28. The van der Waals surface area contributed by atoms with Crippen molar-refractivity contribution in [3.05, 3.63) is 54.0 Å². The molecule has 138 valence electrons. The van der Waals surface area contributed by atoms with E-state index in [1.54, 1.807) is 30.5 Å². The predicted molar refractivity (Wildman–Crippen MR) is 102 cm³/mol. The normalized spacial score (nSPS) is 14.8. The topological polar surface area (TPSA) is 54.0 Å². The minimum Gasteiger partial charge on any atom is -0.366 e. The Hall–Kier alpha value is -2.43. The Morgan fingerprint density at radius 2 is 1.92 bits per heavy atom. The van der Waals surface area contributed by atoms with Crippen LogP contribution in [0, 0.1) is 11.7 Å². The molecule has 2 N–H and O–H groups in total. The summed E-state index contributed by atoms with van der Waals surface area (Å²) >= 11 is 0. The zero-order valence-corrected chi connectivity index (χ0v) is 15.0. The van der Waals surface area contributed by atoms with Crippen molar-refractivity contribution in [2.75, 3.05) is 10.6 Å². The second-order valence-electron chi connectivity index (χ2n) is 6.97. The van der Waals surface area contributed by atoms with Crippen LogP contribution in [0.1, 0.15) is 50.5 Å². The Morgan fingerprint density at radius 1 is 1.12 bits per heavy atom. The van der Waals surface area contributed by atoms with Gasteiger partial charge in [-0.2, -0.15) is 0 Å². The van der Waals surface area contributed by atoms with Crippen LogP contribution < -0.4 is 10.6 Å². The molecule has 0 saturated heterocycles. The smallest absolute Gasteiger partial charge is 0.224 e. The molecule has 1 heterocycles. The molecule has 3 rings (SSSR count). The summed E-state index contributed by atoms with van der Waals surface area (Å²) in [4.78, 5) is 16.4. The molecule has 1 aromatic carbocycles. The Balaban J connectivity index is 1.43. The third kappa shape index (κ3) is 5.55. The highest BCUT2D eigenvalue weighted by Gasteiger charge is 2.14. The first-order valence-electron chi connectivity index (χ1n) is 9.44. The quantitative estimate of drug-likeness (QED) is 0.724. The van der Waals surface area contributed by atoms with E-state index in [0.717, 1.165) is 6.42 Å². The molecule has 0 bridgehead atoms. The third-order valence-corrected chi connectivity index (χ3v) is 4.97. The number of rotatable bonds is 7. The van der Waals surface area contributed by atoms with Crippen molar-refractivity contribution in [1.82, 2.24) is 4.98 Å². The van der Waals surface area contributed by atoms with Gasteiger partial charge in [-0.25, -0.2) is 9.37 Å². The predicted octanol–water partition coefficient (Wildman–Crippen LogP) is 5.13. The molecule has 0 spiro atoms. The fourth-order valence-corrected chi connectivity index (χ4v) is 3.43. The summed E-state index contributed by atoms with van der Waals surface area (Å²) in [6.07, 6.45) is 9.64. The number of carbonyl (C=O) groups is 1. The molecule has 26 heavy (non-hydrogen) atoms. The molecule has 2 aromatic rings. The lowest BCUT2D eigenvalue weighted by atomic mass is 9.86. The number of amides is 1. The first-order valence-corrected chi connectivity index (χ1v) is 9.44. The molecule has 4 nitrogen and oxygen atoms in total. The highest BCUT2D eigenvalue weighted by molar-refractivity contribution is 5.90. The SMILES string of the molecule is O=C(CCC1CCCCC1)Nc1ccc(NCc2ccccc2F)nc1. The molecule has 1 amide bonds. The van der Waals surface area contributed by atoms with Gasteiger partial charge >= 0.3 is 0 Å². The number of halogens is 1. The maximum atomic E-state index is 13.6. The molecule has 0 radical (unpaired) electrons. The number of benzene rings is 1. The van der Waals surface area contributed by atoms with Crippen molar-refractivity contribution < 1.29 is 9.18 Å². The van der Waals surface area contributed by atoms with E-state index >= 15 is 0 Å². The van der Waals surface area contributed by atoms with Crippen LogP contribution in [0.5, 0.6) is 0 Å². The standard InChI is InChI=1S/C21H26FN3O/c22-19-9-5-4-8-17(19)14-23-20-12-11-18(15-24-20)25-21(26)13-10-16-6-2-1-3-7-16/h4-5,8-9,11-12,15-16H,1-3,6-7,10,13-14H2,(H,23,24)(H,25,26). The van der Waals surface area contributed by atoms with Crippen LogP contribution >= 0.6 is 0 Å². The third-order valence-electron chi connectivity index (χ3n) is 4.97. The first kappa shape index (κ1) is 18.4. The number of nitrogens with one attached hydrogen (secondary N) is 2. The number of pyridine rings is 1. The number of hydrogen-bond donors (Lipinski definition) is 2. The van der Waals surface area contributed by atoms with Crippen LogP contribution in [0.25, 0.3) is 0 Å². The molecular weight excluding hydrogens is 329 g/mol. The number of hydrogen-bond acceptors (Lipinski definition) is 3. The summed E-state index contributed by atoms with van der Waals surface area (Å²) in [7, 11) is 0. The highest BCUT2D eigenvalue weighted by atomic mass is 19.1. The molecular formula is C21H26FN3O. The zero-order chi connectivity index (χ0) is 18.2. The maximum Gasteiger partial charge on any atom is 0.224 e. The summed E-state index contributed by atoms with van der Waals surface area (Å²) < 4.78 is 13.6. The van der Waals surface area contributed by atoms with Crippen LogP contribution in [-0.4, -0.2) is 10.9 Å². The molecule has 1 fully saturated rings. The van der Waals surface area contributed by atoms with Crippen LogP contribution in [0.3, 0.4) is 0 Å². The molecule has 1 aliphatic carbocycles. The fourth-order valence-electron chi connectivity index (χ4n) is 3.43. The van der Waals surface area contributed by atoms with Crippen LogP contribution in [0.15, 0.2) is 42.6 Å². The van der Waals surface area contributed by atoms with Crippen molar-refractivity contribution in [3.63, 3.8) is 0 Å². The van der Waals surface area contributed by atoms with E-state index in [0.29, 0.717) is 36.0 Å². The van der Waals surface area contributed by atoms with E-state index in [-0.39, 0.29) is 11.7 Å². The lowest BCUT2D eigenvalue weighted by Crippen LogP contribution is -2.15. The van der Waals surface area contributed by atoms with Gasteiger partial charge in [-0.3, -0.25) is 4.79 Å². The molecule has 1 aromatic heterocycles. The van der Waals surface area contributed by atoms with Gasteiger partial charge in [0.15, 0.2) is 0 Å². The molecule has 0 atom stereocenters. The van der Waals surface area contributed by atoms with E-state index in [1.165, 1.54) is 38.2 Å². The summed E-state index contributed by atoms with van der Waals surface area (Å²) in [6, 6.07) is 10.3. The van der Waals surface area contributed by atoms with E-state index in [4.69, 9.17) is 0 Å². The number of aromatic nitrogens is 1. The highest BCUT2D eigenvalue weighted by Crippen LogP contribution is 2.27. The molecule has 5 heteroatoms. The summed E-state index contributed by atoms with van der Waals surface area (Å²) in [5.74, 6) is 1.16. The van der Waals surface area contributed by atoms with Gasteiger partial charge in [-0.15, -0.1) is 0 Å². The van der Waals surface area contributed by atoms with Gasteiger partial charge in [-0.1, -0.05) is 50.3 Å². The van der Waals surface area contributed by atoms with Crippen molar-refractivity contribution in [2.24, 2.45) is 5.92 Å². The van der Waals surface area contributed by atoms with Gasteiger partial charge in [0.1, 0.15) is 11.6 Å². The minimum atomic E-state index is -0.234. The Bertz CT molecular complexity index is 711. The Labute approximate surface area is 154 Å². The van der Waals surface area contributed by atoms with Crippen LogP contribution in [-0.2, 0) is 11.3 Å². The largest absolute Gasteiger partial charge is 0.366 e. The average molecular weight is 355 g/mol. The van der Waals surface area contributed by atoms with Gasteiger partial charge in [0.25, 0.3) is 0 Å². The van der Waals surface area contributed by atoms with Crippen LogP contribution in [0.4, 0.5) is 15.9 Å². The van der Waals surface area contributed by atoms with Crippen molar-refractivity contribution in [2.45, 2.75) is 51.5 Å². The number of anilines is 2. The Morgan fingerprint density at radius 3 is 2.65 bits per heavy atom. The van der Waals surface area contributed by atoms with Crippen LogP contribution in [0.2, 0.25) is 0 Å². The number of carbonyl (C=O) groups excluding carboxylic acids is 1. The van der Waals surface area contributed by atoms with Crippen molar-refractivity contribution >= 4 is 17.4 Å². The van der Waals surface area contributed by atoms with Gasteiger partial charge < -0.3 is 10.6 Å². The van der Waals surface area contributed by atoms with Crippen molar-refractivity contribution in [3.8, 4) is 0 Å². The molecule has 1 saturated carbocycles. The summed E-state index contributed by atoms with van der Waals surface area (Å²) in [5, 5.41) is 5.99. The lowest BCUT2D eigenvalue weighted by Gasteiger charge is -2.20. The van der Waals surface area contributed by atoms with Gasteiger partial charge in [-0.05, 0) is 30.5 Å². The van der Waals surface area contributed by atoms with Gasteiger partial charge in [0.05, 0.1) is 11.9 Å². The summed E-state index contributed by atoms with van der Waals surface area (Å²) in [6.45, 7) is 0.368. The second-order valence-corrected chi connectivity index (χ2v) is 6.97. The maximum absolute atomic E-state index is 13.6. The van der Waals surface area contributed by atoms with E-state index < -0.39 is 0 Å². The average Bonchev–Trinajstić information content (AvgIpc) is 2.68. The lowest BCUT2D eigenvalue weighted by molar-refractivity contribution is -0.116. The second kappa shape index (κ2) is 9.32. The monoisotopic (exact) mass is 355 g/mol. The first-order chi connectivity index (χ1) is 12.7. The van der Waals surface area contributed by atoms with Gasteiger partial charge in [0, 0.05) is 18.5 Å². The molecule has 0 unspecified atom stereocenters. The minimum absolute atomic E-state index is 0.0458. The zero-order valence-electron chi connectivity index (χ0n) is 15.0. The van der Waals surface area contributed by atoms with E-state index in [1.807, 2.05) is 6.07 Å². The Kier molecular flexibility index (Phi) is 6.58.